The smallest absolute Gasteiger partial charge is 0.213 e. The van der Waals surface area contributed by atoms with Crippen LogP contribution in [0.4, 0.5) is 5.82 Å². The van der Waals surface area contributed by atoms with Crippen molar-refractivity contribution < 1.29 is 9.90 Å². The van der Waals surface area contributed by atoms with E-state index in [1.165, 1.54) is 5.56 Å². The topological polar surface area (TPSA) is 78.4 Å². The molecule has 1 aliphatic heterocycles. The fourth-order valence-electron chi connectivity index (χ4n) is 4.58. The van der Waals surface area contributed by atoms with Crippen LogP contribution < -0.4 is 10.2 Å². The van der Waals surface area contributed by atoms with Crippen LogP contribution in [0.1, 0.15) is 38.9 Å². The molecular formula is C29H28N4O2. The molecule has 176 valence electrons. The number of hydrogen-bond donors (Lipinski definition) is 2. The molecule has 1 atom stereocenters. The summed E-state index contributed by atoms with van der Waals surface area (Å²) in [5, 5.41) is 13.3. The second-order valence-electron chi connectivity index (χ2n) is 8.75. The van der Waals surface area contributed by atoms with Gasteiger partial charge in [-0.2, -0.15) is 0 Å². The van der Waals surface area contributed by atoms with Crippen LogP contribution in [-0.2, 0) is 6.61 Å². The number of nitrogens with one attached hydrogen (secondary N) is 1. The molecule has 2 N–H and O–H groups in total. The van der Waals surface area contributed by atoms with Crippen molar-refractivity contribution in [1.29, 1.82) is 0 Å². The standard InChI is InChI=1S/C29H28N4O2/c1-20-25(16-23(17-31-20)24-11-6-5-10-22(24)19-34)29(35)26-12-7-13-28(32-26)33-15-14-30-27(18-33)21-8-3-2-4-9-21/h2-13,16-17,27,30,34H,14-15,18-19H2,1H3. The summed E-state index contributed by atoms with van der Waals surface area (Å²) in [6, 6.07) is 25.7. The third-order valence-corrected chi connectivity index (χ3v) is 6.50. The minimum absolute atomic E-state index is 0.0778. The Balaban J connectivity index is 1.42. The number of carbonyl (C=O) groups excluding carboxylic acids is 1. The predicted molar refractivity (Wildman–Crippen MR) is 137 cm³/mol. The monoisotopic (exact) mass is 464 g/mol. The van der Waals surface area contributed by atoms with Crippen molar-refractivity contribution in [3.05, 3.63) is 113 Å². The van der Waals surface area contributed by atoms with Crippen molar-refractivity contribution in [2.24, 2.45) is 0 Å². The van der Waals surface area contributed by atoms with Gasteiger partial charge in [-0.3, -0.25) is 9.78 Å². The highest BCUT2D eigenvalue weighted by Crippen LogP contribution is 2.27. The van der Waals surface area contributed by atoms with Crippen molar-refractivity contribution in [3.63, 3.8) is 0 Å². The van der Waals surface area contributed by atoms with Gasteiger partial charge in [0.2, 0.25) is 5.78 Å². The van der Waals surface area contributed by atoms with Crippen LogP contribution in [0.25, 0.3) is 11.1 Å². The normalized spacial score (nSPS) is 15.7. The van der Waals surface area contributed by atoms with Crippen LogP contribution in [0.3, 0.4) is 0 Å². The van der Waals surface area contributed by atoms with E-state index in [0.29, 0.717) is 17.0 Å². The number of aromatic nitrogens is 2. The molecule has 0 aliphatic carbocycles. The van der Waals surface area contributed by atoms with Gasteiger partial charge in [-0.15, -0.1) is 0 Å². The van der Waals surface area contributed by atoms with Crippen molar-refractivity contribution >= 4 is 11.6 Å². The lowest BCUT2D eigenvalue weighted by Gasteiger charge is -2.35. The molecule has 0 amide bonds. The number of rotatable bonds is 6. The van der Waals surface area contributed by atoms with Gasteiger partial charge in [0.25, 0.3) is 0 Å². The van der Waals surface area contributed by atoms with E-state index in [1.54, 1.807) is 12.3 Å². The molecule has 6 heteroatoms. The number of carbonyl (C=O) groups is 1. The van der Waals surface area contributed by atoms with E-state index in [9.17, 15) is 9.90 Å². The molecule has 1 fully saturated rings. The molecule has 4 aromatic rings. The van der Waals surface area contributed by atoms with Gasteiger partial charge in [0.1, 0.15) is 11.5 Å². The maximum Gasteiger partial charge on any atom is 0.213 e. The van der Waals surface area contributed by atoms with Gasteiger partial charge < -0.3 is 15.3 Å². The first-order chi connectivity index (χ1) is 17.1. The highest BCUT2D eigenvalue weighted by atomic mass is 16.3. The summed E-state index contributed by atoms with van der Waals surface area (Å²) in [6.07, 6.45) is 1.74. The van der Waals surface area contributed by atoms with Crippen LogP contribution in [0.5, 0.6) is 0 Å². The van der Waals surface area contributed by atoms with Crippen LogP contribution >= 0.6 is 0 Å². The summed E-state index contributed by atoms with van der Waals surface area (Å²) in [5.41, 5.74) is 5.27. The molecule has 1 aliphatic rings. The maximum absolute atomic E-state index is 13.5. The van der Waals surface area contributed by atoms with E-state index in [1.807, 2.05) is 55.5 Å². The summed E-state index contributed by atoms with van der Waals surface area (Å²) in [4.78, 5) is 25.0. The number of aliphatic hydroxyl groups is 1. The van der Waals surface area contributed by atoms with Crippen molar-refractivity contribution in [2.45, 2.75) is 19.6 Å². The summed E-state index contributed by atoms with van der Waals surface area (Å²) < 4.78 is 0. The average Bonchev–Trinajstić information content (AvgIpc) is 2.93. The Hall–Kier alpha value is -3.87. The quantitative estimate of drug-likeness (QED) is 0.414. The Morgan fingerprint density at radius 3 is 2.69 bits per heavy atom. The number of nitrogens with zero attached hydrogens (tertiary/aromatic N) is 3. The third kappa shape index (κ3) is 4.85. The Labute approximate surface area is 205 Å². The molecule has 1 unspecified atom stereocenters. The minimum Gasteiger partial charge on any atom is -0.392 e. The van der Waals surface area contributed by atoms with Crippen LogP contribution in [0, 0.1) is 6.92 Å². The Morgan fingerprint density at radius 1 is 1.06 bits per heavy atom. The number of ketones is 1. The molecule has 35 heavy (non-hydrogen) atoms. The average molecular weight is 465 g/mol. The summed E-state index contributed by atoms with van der Waals surface area (Å²) in [7, 11) is 0. The predicted octanol–water partition coefficient (Wildman–Crippen LogP) is 4.33. The number of anilines is 1. The lowest BCUT2D eigenvalue weighted by molar-refractivity contribution is 0.103. The molecule has 2 aromatic carbocycles. The zero-order valence-electron chi connectivity index (χ0n) is 19.7. The lowest BCUT2D eigenvalue weighted by Crippen LogP contribution is -2.46. The molecule has 0 bridgehead atoms. The molecule has 0 spiro atoms. The van der Waals surface area contributed by atoms with Gasteiger partial charge in [0.05, 0.1) is 6.61 Å². The Bertz CT molecular complexity index is 1340. The molecule has 5 rings (SSSR count). The SMILES string of the molecule is Cc1ncc(-c2ccccc2CO)cc1C(=O)c1cccc(N2CCNC(c3ccccc3)C2)n1. The highest BCUT2D eigenvalue weighted by molar-refractivity contribution is 6.09. The molecule has 2 aromatic heterocycles. The van der Waals surface area contributed by atoms with E-state index in [-0.39, 0.29) is 18.4 Å². The van der Waals surface area contributed by atoms with E-state index in [0.717, 1.165) is 42.1 Å². The number of aryl methyl sites for hydroxylation is 1. The molecule has 0 saturated carbocycles. The van der Waals surface area contributed by atoms with Gasteiger partial charge >= 0.3 is 0 Å². The number of piperazine rings is 1. The number of pyridine rings is 2. The summed E-state index contributed by atoms with van der Waals surface area (Å²) in [5.74, 6) is 0.639. The Kier molecular flexibility index (Phi) is 6.66. The zero-order chi connectivity index (χ0) is 24.2. The molecule has 1 saturated heterocycles. The maximum atomic E-state index is 13.5. The fourth-order valence-corrected chi connectivity index (χ4v) is 4.58. The van der Waals surface area contributed by atoms with Gasteiger partial charge in [-0.05, 0) is 41.8 Å². The number of hydrogen-bond acceptors (Lipinski definition) is 6. The Morgan fingerprint density at radius 2 is 1.86 bits per heavy atom. The van der Waals surface area contributed by atoms with Gasteiger partial charge in [-0.25, -0.2) is 4.98 Å². The first kappa shape index (κ1) is 22.9. The largest absolute Gasteiger partial charge is 0.392 e. The van der Waals surface area contributed by atoms with Crippen molar-refractivity contribution in [3.8, 4) is 11.1 Å². The summed E-state index contributed by atoms with van der Waals surface area (Å²) in [6.45, 7) is 4.20. The minimum atomic E-state index is -0.157. The van der Waals surface area contributed by atoms with Gasteiger partial charge in [-0.1, -0.05) is 60.7 Å². The first-order valence-corrected chi connectivity index (χ1v) is 11.8. The molecule has 0 radical (unpaired) electrons. The second-order valence-corrected chi connectivity index (χ2v) is 8.75. The lowest BCUT2D eigenvalue weighted by atomic mass is 9.97. The third-order valence-electron chi connectivity index (χ3n) is 6.50. The molecular weight excluding hydrogens is 436 g/mol. The summed E-state index contributed by atoms with van der Waals surface area (Å²) >= 11 is 0. The van der Waals surface area contributed by atoms with E-state index < -0.39 is 0 Å². The second kappa shape index (κ2) is 10.2. The van der Waals surface area contributed by atoms with Crippen molar-refractivity contribution in [2.75, 3.05) is 24.5 Å². The van der Waals surface area contributed by atoms with E-state index >= 15 is 0 Å². The fraction of sp³-hybridized carbons (Fsp3) is 0.207. The zero-order valence-corrected chi connectivity index (χ0v) is 19.7. The van der Waals surface area contributed by atoms with E-state index in [4.69, 9.17) is 4.98 Å². The van der Waals surface area contributed by atoms with Gasteiger partial charge in [0.15, 0.2) is 0 Å². The van der Waals surface area contributed by atoms with Crippen LogP contribution in [0.15, 0.2) is 85.1 Å². The van der Waals surface area contributed by atoms with E-state index in [2.05, 4.69) is 39.5 Å². The number of benzene rings is 2. The van der Waals surface area contributed by atoms with Gasteiger partial charge in [0, 0.05) is 48.7 Å². The van der Waals surface area contributed by atoms with Crippen LogP contribution in [-0.4, -0.2) is 40.5 Å². The number of aliphatic hydroxyl groups excluding tert-OH is 1. The van der Waals surface area contributed by atoms with Crippen LogP contribution in [0.2, 0.25) is 0 Å². The molecule has 6 nitrogen and oxygen atoms in total. The highest BCUT2D eigenvalue weighted by Gasteiger charge is 2.23. The molecule has 3 heterocycles. The first-order valence-electron chi connectivity index (χ1n) is 11.8. The van der Waals surface area contributed by atoms with Crippen molar-refractivity contribution in [1.82, 2.24) is 15.3 Å².